The number of halogens is 1. The van der Waals surface area contributed by atoms with Crippen molar-refractivity contribution in [1.82, 2.24) is 20.1 Å². The van der Waals surface area contributed by atoms with Crippen LogP contribution < -0.4 is 11.3 Å². The van der Waals surface area contributed by atoms with E-state index in [1.807, 2.05) is 11.6 Å². The van der Waals surface area contributed by atoms with Gasteiger partial charge in [-0.05, 0) is 56.8 Å². The predicted molar refractivity (Wildman–Crippen MR) is 78.3 cm³/mol. The SMILES string of the molecule is CCn1nc(C)c(Br)c1CC(CCN(C)C)NN. The van der Waals surface area contributed by atoms with Crippen LogP contribution in [0.4, 0.5) is 0 Å². The molecule has 1 unspecified atom stereocenters. The maximum Gasteiger partial charge on any atom is 0.0738 e. The molecule has 6 heteroatoms. The van der Waals surface area contributed by atoms with E-state index in [0.717, 1.165) is 36.1 Å². The second kappa shape index (κ2) is 7.23. The van der Waals surface area contributed by atoms with E-state index < -0.39 is 0 Å². The van der Waals surface area contributed by atoms with Gasteiger partial charge in [-0.2, -0.15) is 5.10 Å². The third kappa shape index (κ3) is 4.05. The zero-order valence-corrected chi connectivity index (χ0v) is 13.3. The summed E-state index contributed by atoms with van der Waals surface area (Å²) in [4.78, 5) is 2.17. The van der Waals surface area contributed by atoms with Crippen LogP contribution in [0.3, 0.4) is 0 Å². The first-order chi connectivity index (χ1) is 8.49. The number of aryl methyl sites for hydroxylation is 2. The van der Waals surface area contributed by atoms with E-state index in [4.69, 9.17) is 5.84 Å². The molecule has 0 saturated heterocycles. The molecule has 1 heterocycles. The topological polar surface area (TPSA) is 59.1 Å². The molecule has 18 heavy (non-hydrogen) atoms. The van der Waals surface area contributed by atoms with Crippen LogP contribution in [0.25, 0.3) is 0 Å². The summed E-state index contributed by atoms with van der Waals surface area (Å²) in [5, 5.41) is 4.50. The number of hydrogen-bond acceptors (Lipinski definition) is 4. The molecule has 0 fully saturated rings. The summed E-state index contributed by atoms with van der Waals surface area (Å²) in [7, 11) is 4.15. The summed E-state index contributed by atoms with van der Waals surface area (Å²) >= 11 is 3.62. The Balaban J connectivity index is 2.74. The standard InChI is InChI=1S/C12H24BrN5/c1-5-18-11(12(13)9(2)16-18)8-10(15-14)6-7-17(3)4/h10,15H,5-8,14H2,1-4H3. The number of nitrogens with zero attached hydrogens (tertiary/aromatic N) is 3. The van der Waals surface area contributed by atoms with Crippen molar-refractivity contribution < 1.29 is 0 Å². The van der Waals surface area contributed by atoms with Gasteiger partial charge in [-0.15, -0.1) is 0 Å². The largest absolute Gasteiger partial charge is 0.309 e. The molecule has 0 aromatic carbocycles. The van der Waals surface area contributed by atoms with Crippen molar-refractivity contribution >= 4 is 15.9 Å². The quantitative estimate of drug-likeness (QED) is 0.588. The highest BCUT2D eigenvalue weighted by Crippen LogP contribution is 2.22. The summed E-state index contributed by atoms with van der Waals surface area (Å²) in [6, 6.07) is 0.269. The van der Waals surface area contributed by atoms with E-state index in [-0.39, 0.29) is 6.04 Å². The van der Waals surface area contributed by atoms with Crippen molar-refractivity contribution in [2.24, 2.45) is 5.84 Å². The highest BCUT2D eigenvalue weighted by Gasteiger charge is 2.16. The lowest BCUT2D eigenvalue weighted by atomic mass is 10.1. The molecule has 0 radical (unpaired) electrons. The first-order valence-electron chi connectivity index (χ1n) is 6.32. The molecular weight excluding hydrogens is 294 g/mol. The fourth-order valence-electron chi connectivity index (χ4n) is 1.96. The number of nitrogens with one attached hydrogen (secondary N) is 1. The van der Waals surface area contributed by atoms with Gasteiger partial charge in [0.25, 0.3) is 0 Å². The zero-order valence-electron chi connectivity index (χ0n) is 11.7. The third-order valence-corrected chi connectivity index (χ3v) is 4.08. The van der Waals surface area contributed by atoms with Crippen molar-refractivity contribution in [1.29, 1.82) is 0 Å². The molecule has 0 aliphatic rings. The smallest absolute Gasteiger partial charge is 0.0738 e. The average Bonchev–Trinajstić information content (AvgIpc) is 2.61. The van der Waals surface area contributed by atoms with Crippen LogP contribution in [0.1, 0.15) is 24.7 Å². The molecule has 1 aromatic heterocycles. The monoisotopic (exact) mass is 317 g/mol. The Morgan fingerprint density at radius 1 is 1.50 bits per heavy atom. The van der Waals surface area contributed by atoms with Crippen LogP contribution in [0.2, 0.25) is 0 Å². The molecule has 0 amide bonds. The van der Waals surface area contributed by atoms with E-state index >= 15 is 0 Å². The predicted octanol–water partition coefficient (Wildman–Crippen LogP) is 1.30. The molecule has 104 valence electrons. The molecule has 3 N–H and O–H groups in total. The van der Waals surface area contributed by atoms with Crippen LogP contribution in [-0.4, -0.2) is 41.4 Å². The van der Waals surface area contributed by atoms with Gasteiger partial charge in [0.15, 0.2) is 0 Å². The normalized spacial score (nSPS) is 13.3. The molecule has 0 saturated carbocycles. The minimum absolute atomic E-state index is 0.269. The van der Waals surface area contributed by atoms with Crippen LogP contribution >= 0.6 is 15.9 Å². The summed E-state index contributed by atoms with van der Waals surface area (Å²) < 4.78 is 3.15. The molecule has 5 nitrogen and oxygen atoms in total. The van der Waals surface area contributed by atoms with Crippen LogP contribution in [0.5, 0.6) is 0 Å². The average molecular weight is 318 g/mol. The van der Waals surface area contributed by atoms with Crippen molar-refractivity contribution in [2.75, 3.05) is 20.6 Å². The van der Waals surface area contributed by atoms with Gasteiger partial charge in [-0.1, -0.05) is 0 Å². The van der Waals surface area contributed by atoms with E-state index in [9.17, 15) is 0 Å². The summed E-state index contributed by atoms with van der Waals surface area (Å²) in [5.74, 6) is 5.64. The molecular formula is C12H24BrN5. The fraction of sp³-hybridized carbons (Fsp3) is 0.750. The minimum atomic E-state index is 0.269. The zero-order chi connectivity index (χ0) is 13.7. The first kappa shape index (κ1) is 15.6. The Labute approximate surface area is 118 Å². The van der Waals surface area contributed by atoms with Crippen molar-refractivity contribution in [3.8, 4) is 0 Å². The molecule has 1 atom stereocenters. The van der Waals surface area contributed by atoms with Crippen LogP contribution in [-0.2, 0) is 13.0 Å². The molecule has 1 rings (SSSR count). The van der Waals surface area contributed by atoms with Gasteiger partial charge in [-0.25, -0.2) is 0 Å². The lowest BCUT2D eigenvalue weighted by Crippen LogP contribution is -2.39. The fourth-order valence-corrected chi connectivity index (χ4v) is 2.40. The Bertz CT molecular complexity index is 375. The Morgan fingerprint density at radius 3 is 2.67 bits per heavy atom. The molecule has 0 spiro atoms. The molecule has 0 bridgehead atoms. The van der Waals surface area contributed by atoms with Gasteiger partial charge in [0.2, 0.25) is 0 Å². The molecule has 0 aliphatic heterocycles. The first-order valence-corrected chi connectivity index (χ1v) is 7.11. The Morgan fingerprint density at radius 2 is 2.17 bits per heavy atom. The van der Waals surface area contributed by atoms with Crippen molar-refractivity contribution in [3.05, 3.63) is 15.9 Å². The molecule has 0 aliphatic carbocycles. The number of aromatic nitrogens is 2. The number of hydrazine groups is 1. The Kier molecular flexibility index (Phi) is 6.28. The van der Waals surface area contributed by atoms with Crippen LogP contribution in [0.15, 0.2) is 4.47 Å². The summed E-state index contributed by atoms with van der Waals surface area (Å²) in [6.45, 7) is 6.02. The second-order valence-corrected chi connectivity index (χ2v) is 5.61. The van der Waals surface area contributed by atoms with Gasteiger partial charge >= 0.3 is 0 Å². The number of rotatable bonds is 7. The van der Waals surface area contributed by atoms with Crippen LogP contribution in [0, 0.1) is 6.92 Å². The summed E-state index contributed by atoms with van der Waals surface area (Å²) in [6.07, 6.45) is 1.91. The molecule has 1 aromatic rings. The van der Waals surface area contributed by atoms with E-state index in [1.54, 1.807) is 0 Å². The van der Waals surface area contributed by atoms with E-state index in [0.29, 0.717) is 0 Å². The van der Waals surface area contributed by atoms with E-state index in [2.05, 4.69) is 52.4 Å². The maximum atomic E-state index is 5.64. The summed E-state index contributed by atoms with van der Waals surface area (Å²) in [5.41, 5.74) is 5.16. The lowest BCUT2D eigenvalue weighted by Gasteiger charge is -2.19. The third-order valence-electron chi connectivity index (χ3n) is 3.05. The van der Waals surface area contributed by atoms with Gasteiger partial charge in [0.1, 0.15) is 0 Å². The minimum Gasteiger partial charge on any atom is -0.309 e. The lowest BCUT2D eigenvalue weighted by molar-refractivity contribution is 0.355. The van der Waals surface area contributed by atoms with Crippen molar-refractivity contribution in [3.63, 3.8) is 0 Å². The highest BCUT2D eigenvalue weighted by atomic mass is 79.9. The van der Waals surface area contributed by atoms with Gasteiger partial charge in [-0.3, -0.25) is 16.0 Å². The highest BCUT2D eigenvalue weighted by molar-refractivity contribution is 9.10. The van der Waals surface area contributed by atoms with E-state index in [1.165, 1.54) is 5.69 Å². The van der Waals surface area contributed by atoms with Gasteiger partial charge in [0, 0.05) is 19.0 Å². The van der Waals surface area contributed by atoms with Crippen molar-refractivity contribution in [2.45, 2.75) is 39.3 Å². The maximum absolute atomic E-state index is 5.64. The van der Waals surface area contributed by atoms with Gasteiger partial charge < -0.3 is 4.90 Å². The number of hydrogen-bond donors (Lipinski definition) is 2. The second-order valence-electron chi connectivity index (χ2n) is 4.82. The number of nitrogens with two attached hydrogens (primary N) is 1. The van der Waals surface area contributed by atoms with Gasteiger partial charge in [0.05, 0.1) is 15.9 Å². The Hall–Kier alpha value is -0.430.